The first kappa shape index (κ1) is 27.5. The fraction of sp³-hybridized carbons (Fsp3) is 0.259. The molecule has 0 radical (unpaired) electrons. The fourth-order valence-electron chi connectivity index (χ4n) is 3.54. The van der Waals surface area contributed by atoms with E-state index < -0.39 is 0 Å². The Labute approximate surface area is 221 Å². The average Bonchev–Trinajstić information content (AvgIpc) is 3.28. The first-order chi connectivity index (χ1) is 17.9. The average molecular weight is 522 g/mol. The topological polar surface area (TPSA) is 107 Å². The van der Waals surface area contributed by atoms with E-state index in [0.29, 0.717) is 29.0 Å². The summed E-state index contributed by atoms with van der Waals surface area (Å²) in [4.78, 5) is 25.0. The summed E-state index contributed by atoms with van der Waals surface area (Å²) in [6.07, 6.45) is 4.83. The molecule has 0 aliphatic carbocycles. The van der Waals surface area contributed by atoms with Crippen LogP contribution in [0.1, 0.15) is 22.5 Å². The number of nitrogens with zero attached hydrogens (tertiary/aromatic N) is 3. The highest BCUT2D eigenvalue weighted by Crippen LogP contribution is 2.28. The molecule has 0 aliphatic heterocycles. The molecule has 0 aliphatic rings. The summed E-state index contributed by atoms with van der Waals surface area (Å²) in [6.45, 7) is 8.32. The lowest BCUT2D eigenvalue weighted by Gasteiger charge is -2.11. The van der Waals surface area contributed by atoms with E-state index in [4.69, 9.17) is 9.47 Å². The van der Waals surface area contributed by atoms with Gasteiger partial charge in [0, 0.05) is 18.3 Å². The molecule has 37 heavy (non-hydrogen) atoms. The Kier molecular flexibility index (Phi) is 9.91. The number of carbonyl (C=O) groups is 2. The maximum atomic E-state index is 12.6. The second-order valence-electron chi connectivity index (χ2n) is 8.07. The number of methoxy groups -OCH3 is 2. The molecule has 3 rings (SSSR count). The minimum atomic E-state index is -0.287. The second-order valence-corrected chi connectivity index (χ2v) is 9.01. The molecular weight excluding hydrogens is 490 g/mol. The molecule has 0 saturated heterocycles. The standard InChI is InChI=1S/C27H31N5O4S/c1-6-14-32-23(16-28-24(33)13-11-20-10-12-21(35-4)22(15-20)36-5)30-31-27(32)37-17-25(34)29-26-18(2)8-7-9-19(26)3/h6-13,15H,1,14,16-17H2,2-5H3,(H,28,33)(H,29,34)/b13-11+. The molecule has 0 bridgehead atoms. The molecule has 2 amide bonds. The highest BCUT2D eigenvalue weighted by atomic mass is 32.2. The minimum absolute atomic E-state index is 0.134. The number of allylic oxidation sites excluding steroid dienone is 1. The van der Waals surface area contributed by atoms with Crippen molar-refractivity contribution in [3.8, 4) is 11.5 Å². The maximum absolute atomic E-state index is 12.6. The number of benzene rings is 2. The SMILES string of the molecule is C=CCn1c(CNC(=O)/C=C/c2ccc(OC)c(OC)c2)nnc1SCC(=O)Nc1c(C)cccc1C. The number of thioether (sulfide) groups is 1. The van der Waals surface area contributed by atoms with Gasteiger partial charge in [-0.1, -0.05) is 42.1 Å². The van der Waals surface area contributed by atoms with Gasteiger partial charge < -0.3 is 24.7 Å². The van der Waals surface area contributed by atoms with E-state index in [1.165, 1.54) is 17.8 Å². The van der Waals surface area contributed by atoms with Gasteiger partial charge in [0.1, 0.15) is 0 Å². The Morgan fingerprint density at radius 2 is 1.81 bits per heavy atom. The van der Waals surface area contributed by atoms with Crippen LogP contribution in [-0.4, -0.2) is 46.6 Å². The summed E-state index contributed by atoms with van der Waals surface area (Å²) >= 11 is 1.28. The molecule has 2 aromatic carbocycles. The number of anilines is 1. The number of nitrogens with one attached hydrogen (secondary N) is 2. The van der Waals surface area contributed by atoms with Crippen LogP contribution < -0.4 is 20.1 Å². The van der Waals surface area contributed by atoms with Crippen molar-refractivity contribution in [3.63, 3.8) is 0 Å². The number of para-hydroxylation sites is 1. The molecule has 0 atom stereocenters. The summed E-state index contributed by atoms with van der Waals surface area (Å²) in [7, 11) is 3.12. The van der Waals surface area contributed by atoms with E-state index in [1.807, 2.05) is 42.7 Å². The van der Waals surface area contributed by atoms with Crippen LogP contribution in [0.15, 0.2) is 60.3 Å². The van der Waals surface area contributed by atoms with Gasteiger partial charge in [-0.3, -0.25) is 9.59 Å². The lowest BCUT2D eigenvalue weighted by molar-refractivity contribution is -0.116. The normalized spacial score (nSPS) is 10.8. The molecule has 9 nitrogen and oxygen atoms in total. The molecule has 0 unspecified atom stereocenters. The van der Waals surface area contributed by atoms with Crippen LogP contribution in [0.5, 0.6) is 11.5 Å². The Balaban J connectivity index is 1.59. The van der Waals surface area contributed by atoms with Crippen molar-refractivity contribution in [3.05, 3.63) is 77.6 Å². The molecule has 1 aromatic heterocycles. The summed E-state index contributed by atoms with van der Waals surface area (Å²) < 4.78 is 12.3. The van der Waals surface area contributed by atoms with Crippen molar-refractivity contribution >= 4 is 35.3 Å². The lowest BCUT2D eigenvalue weighted by Crippen LogP contribution is -2.23. The number of amides is 2. The van der Waals surface area contributed by atoms with Gasteiger partial charge in [0.2, 0.25) is 11.8 Å². The molecule has 1 heterocycles. The van der Waals surface area contributed by atoms with Crippen LogP contribution >= 0.6 is 11.8 Å². The number of ether oxygens (including phenoxy) is 2. The fourth-order valence-corrected chi connectivity index (χ4v) is 4.31. The molecule has 3 aromatic rings. The van der Waals surface area contributed by atoms with Crippen LogP contribution in [0.2, 0.25) is 0 Å². The van der Waals surface area contributed by atoms with E-state index in [2.05, 4.69) is 27.4 Å². The van der Waals surface area contributed by atoms with Crippen LogP contribution in [0, 0.1) is 13.8 Å². The zero-order chi connectivity index (χ0) is 26.8. The van der Waals surface area contributed by atoms with E-state index in [1.54, 1.807) is 38.5 Å². The van der Waals surface area contributed by atoms with Crippen molar-refractivity contribution in [2.24, 2.45) is 0 Å². The smallest absolute Gasteiger partial charge is 0.244 e. The quantitative estimate of drug-likeness (QED) is 0.209. The van der Waals surface area contributed by atoms with Crippen LogP contribution in [-0.2, 0) is 22.7 Å². The summed E-state index contributed by atoms with van der Waals surface area (Å²) in [5.74, 6) is 1.50. The largest absolute Gasteiger partial charge is 0.493 e. The number of carbonyl (C=O) groups excluding carboxylic acids is 2. The first-order valence-corrected chi connectivity index (χ1v) is 12.5. The van der Waals surface area contributed by atoms with Crippen molar-refractivity contribution in [1.29, 1.82) is 0 Å². The van der Waals surface area contributed by atoms with Gasteiger partial charge >= 0.3 is 0 Å². The number of rotatable bonds is 12. The number of aromatic nitrogens is 3. The third-order valence-electron chi connectivity index (χ3n) is 5.44. The van der Waals surface area contributed by atoms with Crippen molar-refractivity contribution in [2.45, 2.75) is 32.1 Å². The summed E-state index contributed by atoms with van der Waals surface area (Å²) in [5.41, 5.74) is 3.63. The van der Waals surface area contributed by atoms with Gasteiger partial charge in [0.05, 0.1) is 26.5 Å². The minimum Gasteiger partial charge on any atom is -0.493 e. The predicted octanol–water partition coefficient (Wildman–Crippen LogP) is 4.16. The Hall–Kier alpha value is -4.05. The van der Waals surface area contributed by atoms with Crippen LogP contribution in [0.3, 0.4) is 0 Å². The van der Waals surface area contributed by atoms with Crippen molar-refractivity contribution in [1.82, 2.24) is 20.1 Å². The predicted molar refractivity (Wildman–Crippen MR) is 146 cm³/mol. The lowest BCUT2D eigenvalue weighted by atomic mass is 10.1. The van der Waals surface area contributed by atoms with Gasteiger partial charge in [-0.25, -0.2) is 0 Å². The Morgan fingerprint density at radius 3 is 2.49 bits per heavy atom. The first-order valence-electron chi connectivity index (χ1n) is 11.6. The Morgan fingerprint density at radius 1 is 1.08 bits per heavy atom. The maximum Gasteiger partial charge on any atom is 0.244 e. The highest BCUT2D eigenvalue weighted by Gasteiger charge is 2.15. The molecular formula is C27H31N5O4S. The number of hydrogen-bond acceptors (Lipinski definition) is 7. The number of hydrogen-bond donors (Lipinski definition) is 2. The molecule has 0 fully saturated rings. The van der Waals surface area contributed by atoms with Gasteiger partial charge in [-0.15, -0.1) is 16.8 Å². The van der Waals surface area contributed by atoms with Gasteiger partial charge in [0.15, 0.2) is 22.5 Å². The zero-order valence-corrected chi connectivity index (χ0v) is 22.2. The van der Waals surface area contributed by atoms with E-state index >= 15 is 0 Å². The zero-order valence-electron chi connectivity index (χ0n) is 21.4. The van der Waals surface area contributed by atoms with Crippen LogP contribution in [0.4, 0.5) is 5.69 Å². The van der Waals surface area contributed by atoms with E-state index in [9.17, 15) is 9.59 Å². The van der Waals surface area contributed by atoms with E-state index in [0.717, 1.165) is 22.4 Å². The molecule has 194 valence electrons. The highest BCUT2D eigenvalue weighted by molar-refractivity contribution is 7.99. The molecule has 0 spiro atoms. The van der Waals surface area contributed by atoms with Crippen molar-refractivity contribution < 1.29 is 19.1 Å². The summed E-state index contributed by atoms with van der Waals surface area (Å²) in [5, 5.41) is 14.8. The second kappa shape index (κ2) is 13.3. The molecule has 0 saturated carbocycles. The molecule has 10 heteroatoms. The third kappa shape index (κ3) is 7.47. The van der Waals surface area contributed by atoms with Gasteiger partial charge in [-0.05, 0) is 48.7 Å². The monoisotopic (exact) mass is 521 g/mol. The van der Waals surface area contributed by atoms with E-state index in [-0.39, 0.29) is 24.1 Å². The van der Waals surface area contributed by atoms with Gasteiger partial charge in [-0.2, -0.15) is 0 Å². The Bertz CT molecular complexity index is 1280. The summed E-state index contributed by atoms with van der Waals surface area (Å²) in [6, 6.07) is 11.3. The van der Waals surface area contributed by atoms with Gasteiger partial charge in [0.25, 0.3) is 0 Å². The van der Waals surface area contributed by atoms with Crippen molar-refractivity contribution in [2.75, 3.05) is 25.3 Å². The molecule has 2 N–H and O–H groups in total. The third-order valence-corrected chi connectivity index (χ3v) is 6.41. The number of aryl methyl sites for hydroxylation is 2. The van der Waals surface area contributed by atoms with Crippen LogP contribution in [0.25, 0.3) is 6.08 Å².